The van der Waals surface area contributed by atoms with Crippen molar-refractivity contribution >= 4 is 27.3 Å². The Hall–Kier alpha value is -1.16. The van der Waals surface area contributed by atoms with Crippen LogP contribution in [0.4, 0.5) is 0 Å². The van der Waals surface area contributed by atoms with Crippen LogP contribution in [0.15, 0.2) is 22.5 Å². The molecule has 0 aromatic carbocycles. The fraction of sp³-hybridized carbons (Fsp3) is 0.688. The number of sulfonamides is 1. The summed E-state index contributed by atoms with van der Waals surface area (Å²) in [5.74, 6) is 0.819. The van der Waals surface area contributed by atoms with Crippen molar-refractivity contribution in [2.75, 3.05) is 46.0 Å². The van der Waals surface area contributed by atoms with Crippen molar-refractivity contribution in [1.29, 1.82) is 0 Å². The molecule has 1 aliphatic rings. The quantitative estimate of drug-likeness (QED) is 0.557. The van der Waals surface area contributed by atoms with E-state index < -0.39 is 15.6 Å². The minimum atomic E-state index is -3.24. The lowest BCUT2D eigenvalue weighted by molar-refractivity contribution is 0.173. The zero-order chi connectivity index (χ0) is 18.5. The van der Waals surface area contributed by atoms with Crippen LogP contribution in [-0.2, 0) is 16.6 Å². The van der Waals surface area contributed by atoms with E-state index in [1.165, 1.54) is 11.1 Å². The smallest absolute Gasteiger partial charge is 0.209 e. The molecule has 1 aromatic heterocycles. The molecule has 25 heavy (non-hydrogen) atoms. The van der Waals surface area contributed by atoms with Crippen molar-refractivity contribution in [2.45, 2.75) is 25.9 Å². The van der Waals surface area contributed by atoms with E-state index in [1.807, 2.05) is 13.8 Å². The lowest BCUT2D eigenvalue weighted by atomic mass is 10.1. The second-order valence-corrected chi connectivity index (χ2v) is 9.78. The maximum atomic E-state index is 11.4. The summed E-state index contributed by atoms with van der Waals surface area (Å²) in [4.78, 5) is 10.4. The first-order valence-electron chi connectivity index (χ1n) is 8.38. The van der Waals surface area contributed by atoms with Crippen molar-refractivity contribution < 1.29 is 8.42 Å². The number of piperazine rings is 1. The summed E-state index contributed by atoms with van der Waals surface area (Å²) in [6, 6.07) is 4.27. The molecule has 0 unspecified atom stereocenters. The van der Waals surface area contributed by atoms with Gasteiger partial charge in [-0.1, -0.05) is 6.07 Å². The highest BCUT2D eigenvalue weighted by Crippen LogP contribution is 2.13. The van der Waals surface area contributed by atoms with Crippen LogP contribution in [0.3, 0.4) is 0 Å². The minimum Gasteiger partial charge on any atom is -0.354 e. The first kappa shape index (κ1) is 20.2. The first-order chi connectivity index (χ1) is 11.7. The van der Waals surface area contributed by atoms with Gasteiger partial charge in [-0.15, -0.1) is 11.3 Å². The van der Waals surface area contributed by atoms with Crippen molar-refractivity contribution in [3.05, 3.63) is 22.4 Å². The van der Waals surface area contributed by atoms with E-state index in [1.54, 1.807) is 18.4 Å². The summed E-state index contributed by atoms with van der Waals surface area (Å²) < 4.78 is 25.5. The molecular weight excluding hydrogens is 358 g/mol. The van der Waals surface area contributed by atoms with Gasteiger partial charge in [0.15, 0.2) is 5.96 Å². The summed E-state index contributed by atoms with van der Waals surface area (Å²) >= 11 is 1.80. The maximum Gasteiger partial charge on any atom is 0.209 e. The highest BCUT2D eigenvalue weighted by atomic mass is 32.2. The Morgan fingerprint density at radius 1 is 1.32 bits per heavy atom. The number of rotatable bonds is 6. The highest BCUT2D eigenvalue weighted by molar-refractivity contribution is 7.88. The molecule has 1 saturated heterocycles. The molecule has 7 nitrogen and oxygen atoms in total. The van der Waals surface area contributed by atoms with E-state index in [0.717, 1.165) is 38.7 Å². The van der Waals surface area contributed by atoms with Crippen molar-refractivity contribution in [3.8, 4) is 0 Å². The molecule has 0 atom stereocenters. The largest absolute Gasteiger partial charge is 0.354 e. The Labute approximate surface area is 155 Å². The molecule has 2 rings (SSSR count). The molecular formula is C16H29N5O2S2. The molecule has 142 valence electrons. The summed E-state index contributed by atoms with van der Waals surface area (Å²) in [6.07, 6.45) is 1.18. The lowest BCUT2D eigenvalue weighted by Crippen LogP contribution is -2.56. The summed E-state index contributed by atoms with van der Waals surface area (Å²) in [5, 5.41) is 5.41. The molecule has 0 radical (unpaired) electrons. The first-order valence-corrected chi connectivity index (χ1v) is 11.1. The monoisotopic (exact) mass is 387 g/mol. The molecule has 2 N–H and O–H groups in total. The second-order valence-electron chi connectivity index (χ2n) is 7.00. The lowest BCUT2D eigenvalue weighted by Gasteiger charge is -2.37. The van der Waals surface area contributed by atoms with Gasteiger partial charge in [-0.25, -0.2) is 13.1 Å². The van der Waals surface area contributed by atoms with Gasteiger partial charge in [-0.2, -0.15) is 0 Å². The third-order valence-corrected chi connectivity index (χ3v) is 5.78. The minimum absolute atomic E-state index is 0.474. The Bertz CT molecular complexity index is 663. The van der Waals surface area contributed by atoms with Crippen molar-refractivity contribution in [1.82, 2.24) is 19.8 Å². The van der Waals surface area contributed by atoms with Crippen LogP contribution in [0.25, 0.3) is 0 Å². The molecule has 9 heteroatoms. The SMILES string of the molecule is CN=C(NCC(C)(C)NS(C)(=O)=O)N1CCN(Cc2cccs2)CC1. The molecule has 0 aliphatic carbocycles. The number of hydrogen-bond donors (Lipinski definition) is 2. The standard InChI is InChI=1S/C16H29N5O2S2/c1-16(2,19-25(4,22)23)13-18-15(17-3)21-9-7-20(8-10-21)12-14-6-5-11-24-14/h5-6,11,19H,7-10,12-13H2,1-4H3,(H,17,18). The molecule has 0 bridgehead atoms. The molecule has 0 spiro atoms. The van der Waals surface area contributed by atoms with E-state index in [9.17, 15) is 8.42 Å². The van der Waals surface area contributed by atoms with Crippen LogP contribution in [0.5, 0.6) is 0 Å². The number of nitrogens with zero attached hydrogens (tertiary/aromatic N) is 3. The van der Waals surface area contributed by atoms with Gasteiger partial charge in [0, 0.05) is 56.7 Å². The van der Waals surface area contributed by atoms with E-state index in [4.69, 9.17) is 0 Å². The molecule has 1 aliphatic heterocycles. The van der Waals surface area contributed by atoms with E-state index in [0.29, 0.717) is 6.54 Å². The van der Waals surface area contributed by atoms with Gasteiger partial charge < -0.3 is 10.2 Å². The fourth-order valence-electron chi connectivity index (χ4n) is 2.91. The predicted molar refractivity (Wildman–Crippen MR) is 105 cm³/mol. The Kier molecular flexibility index (Phi) is 6.84. The summed E-state index contributed by atoms with van der Waals surface area (Å²) in [7, 11) is -1.48. The summed E-state index contributed by atoms with van der Waals surface area (Å²) in [5.41, 5.74) is -0.579. The van der Waals surface area contributed by atoms with E-state index in [2.05, 4.69) is 42.3 Å². The summed E-state index contributed by atoms with van der Waals surface area (Å²) in [6.45, 7) is 8.98. The molecule has 2 heterocycles. The second kappa shape index (κ2) is 8.48. The van der Waals surface area contributed by atoms with Crippen LogP contribution >= 0.6 is 11.3 Å². The maximum absolute atomic E-state index is 11.4. The Balaban J connectivity index is 1.82. The molecule has 0 saturated carbocycles. The van der Waals surface area contributed by atoms with Gasteiger partial charge in [0.2, 0.25) is 10.0 Å². The Morgan fingerprint density at radius 2 is 2.00 bits per heavy atom. The third-order valence-electron chi connectivity index (χ3n) is 3.99. The number of guanidine groups is 1. The van der Waals surface area contributed by atoms with Crippen LogP contribution in [-0.4, -0.2) is 75.7 Å². The van der Waals surface area contributed by atoms with Crippen LogP contribution in [0.2, 0.25) is 0 Å². The number of aliphatic imine (C=N–C) groups is 1. The van der Waals surface area contributed by atoms with Gasteiger partial charge in [-0.3, -0.25) is 9.89 Å². The van der Waals surface area contributed by atoms with Gasteiger partial charge in [0.1, 0.15) is 0 Å². The molecule has 0 amide bonds. The van der Waals surface area contributed by atoms with E-state index >= 15 is 0 Å². The number of hydrogen-bond acceptors (Lipinski definition) is 5. The fourth-order valence-corrected chi connectivity index (χ4v) is 4.73. The Morgan fingerprint density at radius 3 is 2.52 bits per heavy atom. The van der Waals surface area contributed by atoms with Gasteiger partial charge in [0.05, 0.1) is 6.26 Å². The van der Waals surface area contributed by atoms with Gasteiger partial charge >= 0.3 is 0 Å². The van der Waals surface area contributed by atoms with Gasteiger partial charge in [0.25, 0.3) is 0 Å². The van der Waals surface area contributed by atoms with Crippen LogP contribution in [0.1, 0.15) is 18.7 Å². The predicted octanol–water partition coefficient (Wildman–Crippen LogP) is 0.769. The van der Waals surface area contributed by atoms with Crippen LogP contribution in [0, 0.1) is 0 Å². The van der Waals surface area contributed by atoms with E-state index in [-0.39, 0.29) is 0 Å². The van der Waals surface area contributed by atoms with Crippen molar-refractivity contribution in [2.24, 2.45) is 4.99 Å². The zero-order valence-electron chi connectivity index (χ0n) is 15.4. The van der Waals surface area contributed by atoms with Gasteiger partial charge in [-0.05, 0) is 25.3 Å². The highest BCUT2D eigenvalue weighted by Gasteiger charge is 2.25. The van der Waals surface area contributed by atoms with Crippen molar-refractivity contribution in [3.63, 3.8) is 0 Å². The number of nitrogens with one attached hydrogen (secondary N) is 2. The van der Waals surface area contributed by atoms with Crippen LogP contribution < -0.4 is 10.0 Å². The average molecular weight is 388 g/mol. The topological polar surface area (TPSA) is 77.0 Å². The number of thiophene rings is 1. The molecule has 1 aromatic rings. The zero-order valence-corrected chi connectivity index (χ0v) is 17.1. The normalized spacial score (nSPS) is 17.8. The third kappa shape index (κ3) is 6.93. The molecule has 1 fully saturated rings. The average Bonchev–Trinajstić information content (AvgIpc) is 3.00.